The molecule has 29 heavy (non-hydrogen) atoms. The average molecular weight is 421 g/mol. The van der Waals surface area contributed by atoms with Gasteiger partial charge in [0.15, 0.2) is 0 Å². The number of phenolic OH excluding ortho intramolecular Hbond substituents is 1. The number of phenols is 1. The Kier molecular flexibility index (Phi) is 5.80. The number of rotatable bonds is 7. The number of aliphatic carboxylic acids is 1. The number of carbonyl (C=O) groups is 4. The lowest BCUT2D eigenvalue weighted by Gasteiger charge is -2.47. The van der Waals surface area contributed by atoms with Crippen LogP contribution < -0.4 is 11.5 Å². The summed E-state index contributed by atoms with van der Waals surface area (Å²) in [6.45, 7) is -0.194. The van der Waals surface area contributed by atoms with Crippen molar-refractivity contribution in [3.63, 3.8) is 0 Å². The van der Waals surface area contributed by atoms with E-state index in [-0.39, 0.29) is 35.6 Å². The summed E-state index contributed by atoms with van der Waals surface area (Å²) >= 11 is 1.39. The van der Waals surface area contributed by atoms with Gasteiger partial charge in [0.25, 0.3) is 0 Å². The first-order valence-electron chi connectivity index (χ1n) is 8.61. The highest BCUT2D eigenvalue weighted by molar-refractivity contribution is 8.00. The van der Waals surface area contributed by atoms with Gasteiger partial charge in [0.1, 0.15) is 30.0 Å². The standard InChI is InChI=1S/C18H19N3O7S/c19-13(15(20)24)9-3-1-2-8(14(9)23)6-12(22)28-7-10-16(25)21-11(18(26)27)4-5-29-17(10)21/h1-4,10,13,17,23H,5-7,19H2,(H2,20,24)(H,26,27)/t10-,13?,17+/m1/s1. The lowest BCUT2D eigenvalue weighted by molar-refractivity contribution is -0.159. The topological polar surface area (TPSA) is 173 Å². The van der Waals surface area contributed by atoms with Gasteiger partial charge in [-0.05, 0) is 6.08 Å². The Morgan fingerprint density at radius 2 is 2.07 bits per heavy atom. The van der Waals surface area contributed by atoms with Crippen LogP contribution in [0.4, 0.5) is 0 Å². The first kappa shape index (κ1) is 20.7. The number of esters is 1. The second-order valence-corrected chi connectivity index (χ2v) is 7.68. The largest absolute Gasteiger partial charge is 0.507 e. The van der Waals surface area contributed by atoms with E-state index in [0.29, 0.717) is 5.75 Å². The number of benzene rings is 1. The second kappa shape index (κ2) is 8.13. The summed E-state index contributed by atoms with van der Waals surface area (Å²) in [4.78, 5) is 48.0. The van der Waals surface area contributed by atoms with Crippen LogP contribution in [-0.2, 0) is 30.3 Å². The zero-order chi connectivity index (χ0) is 21.3. The number of para-hydroxylation sites is 1. The van der Waals surface area contributed by atoms with Gasteiger partial charge in [0.2, 0.25) is 11.8 Å². The number of amides is 2. The number of fused-ring (bicyclic) bond motifs is 1. The fraction of sp³-hybridized carbons (Fsp3) is 0.333. The predicted octanol–water partition coefficient (Wildman–Crippen LogP) is -0.537. The van der Waals surface area contributed by atoms with Crippen LogP contribution in [0, 0.1) is 5.92 Å². The third-order valence-electron chi connectivity index (χ3n) is 4.73. The molecular formula is C18H19N3O7S. The van der Waals surface area contributed by atoms with Crippen molar-refractivity contribution in [1.29, 1.82) is 0 Å². The maximum atomic E-state index is 12.2. The molecule has 2 amide bonds. The summed E-state index contributed by atoms with van der Waals surface area (Å²) in [6.07, 6.45) is 1.17. The molecule has 6 N–H and O–H groups in total. The van der Waals surface area contributed by atoms with E-state index in [9.17, 15) is 24.3 Å². The van der Waals surface area contributed by atoms with Gasteiger partial charge in [-0.3, -0.25) is 19.3 Å². The van der Waals surface area contributed by atoms with Crippen molar-refractivity contribution < 1.29 is 34.1 Å². The van der Waals surface area contributed by atoms with Gasteiger partial charge >= 0.3 is 11.9 Å². The Morgan fingerprint density at radius 3 is 2.72 bits per heavy atom. The molecule has 3 atom stereocenters. The first-order chi connectivity index (χ1) is 13.7. The van der Waals surface area contributed by atoms with Crippen LogP contribution in [0.1, 0.15) is 17.2 Å². The molecule has 2 aliphatic rings. The number of nitrogens with zero attached hydrogens (tertiary/aromatic N) is 1. The van der Waals surface area contributed by atoms with Gasteiger partial charge in [-0.25, -0.2) is 4.79 Å². The van der Waals surface area contributed by atoms with E-state index in [1.807, 2.05) is 0 Å². The first-order valence-corrected chi connectivity index (χ1v) is 9.66. The van der Waals surface area contributed by atoms with Crippen LogP contribution in [0.15, 0.2) is 30.0 Å². The number of thioether (sulfide) groups is 1. The zero-order valence-electron chi connectivity index (χ0n) is 15.1. The fourth-order valence-electron chi connectivity index (χ4n) is 3.19. The number of aromatic hydroxyl groups is 1. The molecule has 0 bridgehead atoms. The summed E-state index contributed by atoms with van der Waals surface area (Å²) in [6, 6.07) is 3.20. The SMILES string of the molecule is NC(=O)C(N)c1cccc(CC(=O)OC[C@@H]2C(=O)N3C(C(=O)O)=CCS[C@@H]23)c1O. The number of carbonyl (C=O) groups excluding carboxylic acids is 3. The van der Waals surface area contributed by atoms with Gasteiger partial charge in [-0.2, -0.15) is 0 Å². The van der Waals surface area contributed by atoms with E-state index < -0.39 is 41.1 Å². The number of ether oxygens (including phenoxy) is 1. The highest BCUT2D eigenvalue weighted by Crippen LogP contribution is 2.41. The highest BCUT2D eigenvalue weighted by Gasteiger charge is 2.52. The van der Waals surface area contributed by atoms with Crippen LogP contribution in [0.5, 0.6) is 5.75 Å². The molecule has 0 radical (unpaired) electrons. The molecule has 0 spiro atoms. The number of hydrogen-bond acceptors (Lipinski definition) is 8. The minimum Gasteiger partial charge on any atom is -0.507 e. The molecule has 10 nitrogen and oxygen atoms in total. The molecule has 1 saturated heterocycles. The molecule has 0 saturated carbocycles. The van der Waals surface area contributed by atoms with Gasteiger partial charge < -0.3 is 26.4 Å². The number of nitrogens with two attached hydrogens (primary N) is 2. The molecule has 1 aromatic carbocycles. The molecule has 1 fully saturated rings. The van der Waals surface area contributed by atoms with Crippen molar-refractivity contribution in [3.05, 3.63) is 41.1 Å². The summed E-state index contributed by atoms with van der Waals surface area (Å²) < 4.78 is 5.17. The van der Waals surface area contributed by atoms with Crippen LogP contribution in [0.3, 0.4) is 0 Å². The summed E-state index contributed by atoms with van der Waals surface area (Å²) in [5.74, 6) is -3.61. The van der Waals surface area contributed by atoms with Gasteiger partial charge in [0, 0.05) is 16.9 Å². The molecule has 154 valence electrons. The quantitative estimate of drug-likeness (QED) is 0.333. The number of carboxylic acids is 1. The smallest absolute Gasteiger partial charge is 0.352 e. The molecule has 0 aromatic heterocycles. The third kappa shape index (κ3) is 3.91. The monoisotopic (exact) mass is 421 g/mol. The molecule has 2 aliphatic heterocycles. The van der Waals surface area contributed by atoms with E-state index in [4.69, 9.17) is 21.3 Å². The highest BCUT2D eigenvalue weighted by atomic mass is 32.2. The van der Waals surface area contributed by atoms with E-state index in [1.165, 1.54) is 40.9 Å². The zero-order valence-corrected chi connectivity index (χ0v) is 15.9. The van der Waals surface area contributed by atoms with Gasteiger partial charge in [-0.1, -0.05) is 18.2 Å². The van der Waals surface area contributed by atoms with Crippen LogP contribution in [-0.4, -0.2) is 56.6 Å². The molecule has 11 heteroatoms. The minimum atomic E-state index is -1.22. The van der Waals surface area contributed by atoms with Crippen LogP contribution in [0.2, 0.25) is 0 Å². The predicted molar refractivity (Wildman–Crippen MR) is 101 cm³/mol. The Hall–Kier alpha value is -3.05. The maximum absolute atomic E-state index is 12.2. The number of primary amides is 1. The maximum Gasteiger partial charge on any atom is 0.352 e. The Labute approximate surface area is 169 Å². The lowest BCUT2D eigenvalue weighted by atomic mass is 9.97. The molecular weight excluding hydrogens is 402 g/mol. The number of β-lactam (4-membered cyclic amide) rings is 1. The molecule has 1 unspecified atom stereocenters. The average Bonchev–Trinajstić information content (AvgIpc) is 2.68. The van der Waals surface area contributed by atoms with Crippen molar-refractivity contribution in [2.75, 3.05) is 12.4 Å². The van der Waals surface area contributed by atoms with Crippen molar-refractivity contribution in [2.45, 2.75) is 17.8 Å². The fourth-order valence-corrected chi connectivity index (χ4v) is 4.43. The van der Waals surface area contributed by atoms with Crippen LogP contribution >= 0.6 is 11.8 Å². The van der Waals surface area contributed by atoms with Crippen molar-refractivity contribution in [3.8, 4) is 5.75 Å². The Morgan fingerprint density at radius 1 is 1.34 bits per heavy atom. The van der Waals surface area contributed by atoms with Gasteiger partial charge in [0.05, 0.1) is 11.8 Å². The van der Waals surface area contributed by atoms with Gasteiger partial charge in [-0.15, -0.1) is 11.8 Å². The lowest BCUT2D eigenvalue weighted by Crippen LogP contribution is -2.62. The molecule has 3 rings (SSSR count). The Balaban J connectivity index is 1.60. The van der Waals surface area contributed by atoms with Crippen LogP contribution in [0.25, 0.3) is 0 Å². The van der Waals surface area contributed by atoms with E-state index in [1.54, 1.807) is 0 Å². The van der Waals surface area contributed by atoms with Crippen molar-refractivity contribution in [2.24, 2.45) is 17.4 Å². The van der Waals surface area contributed by atoms with E-state index in [0.717, 1.165) is 0 Å². The summed E-state index contributed by atoms with van der Waals surface area (Å²) in [7, 11) is 0. The molecule has 0 aliphatic carbocycles. The van der Waals surface area contributed by atoms with E-state index >= 15 is 0 Å². The number of carboxylic acid groups (broad SMARTS) is 1. The third-order valence-corrected chi connectivity index (χ3v) is 5.97. The van der Waals surface area contributed by atoms with E-state index in [2.05, 4.69) is 0 Å². The molecule has 2 heterocycles. The summed E-state index contributed by atoms with van der Waals surface area (Å²) in [5, 5.41) is 19.0. The normalized spacial score (nSPS) is 21.5. The second-order valence-electron chi connectivity index (χ2n) is 6.53. The number of hydrogen-bond donors (Lipinski definition) is 4. The minimum absolute atomic E-state index is 0.0612. The summed E-state index contributed by atoms with van der Waals surface area (Å²) in [5.41, 5.74) is 11.0. The van der Waals surface area contributed by atoms with Crippen molar-refractivity contribution in [1.82, 2.24) is 4.90 Å². The van der Waals surface area contributed by atoms with Crippen molar-refractivity contribution >= 4 is 35.5 Å². The Bertz CT molecular complexity index is 917. The molecule has 1 aromatic rings.